The molecule has 1 aromatic carbocycles. The van der Waals surface area contributed by atoms with Crippen molar-refractivity contribution in [2.45, 2.75) is 19.9 Å². The maximum absolute atomic E-state index is 11.4. The number of rotatable bonds is 2. The molecule has 0 aromatic heterocycles. The van der Waals surface area contributed by atoms with Crippen molar-refractivity contribution in [1.29, 1.82) is 0 Å². The van der Waals surface area contributed by atoms with Gasteiger partial charge in [0.2, 0.25) is 0 Å². The number of amides is 2. The first-order valence-corrected chi connectivity index (χ1v) is 5.48. The van der Waals surface area contributed by atoms with Crippen molar-refractivity contribution >= 4 is 11.7 Å². The summed E-state index contributed by atoms with van der Waals surface area (Å²) in [6.45, 7) is 3.68. The van der Waals surface area contributed by atoms with Gasteiger partial charge in [-0.05, 0) is 25.0 Å². The standard InChI is InChI=1S/C12H13N3O3/c1-7-8(2)13-12(16)14-11(7)9-4-3-5-10(6-9)15(17)18/h3-6,11H,1-2H3,(H2,13,14,16). The van der Waals surface area contributed by atoms with Crippen LogP contribution in [0, 0.1) is 10.1 Å². The van der Waals surface area contributed by atoms with E-state index in [1.54, 1.807) is 19.1 Å². The Balaban J connectivity index is 2.42. The quantitative estimate of drug-likeness (QED) is 0.621. The highest BCUT2D eigenvalue weighted by atomic mass is 16.6. The molecule has 1 aliphatic heterocycles. The molecule has 0 aliphatic carbocycles. The summed E-state index contributed by atoms with van der Waals surface area (Å²) in [4.78, 5) is 21.7. The maximum atomic E-state index is 11.4. The number of nitro benzene ring substituents is 1. The van der Waals surface area contributed by atoms with Gasteiger partial charge in [0.25, 0.3) is 5.69 Å². The van der Waals surface area contributed by atoms with Gasteiger partial charge in [0.05, 0.1) is 11.0 Å². The Morgan fingerprint density at radius 3 is 2.72 bits per heavy atom. The Morgan fingerprint density at radius 1 is 1.33 bits per heavy atom. The third kappa shape index (κ3) is 2.17. The van der Waals surface area contributed by atoms with E-state index in [0.717, 1.165) is 11.3 Å². The van der Waals surface area contributed by atoms with Crippen molar-refractivity contribution in [2.75, 3.05) is 0 Å². The predicted molar refractivity (Wildman–Crippen MR) is 65.9 cm³/mol. The van der Waals surface area contributed by atoms with Gasteiger partial charge in [-0.3, -0.25) is 10.1 Å². The van der Waals surface area contributed by atoms with Crippen molar-refractivity contribution < 1.29 is 9.72 Å². The molecule has 0 spiro atoms. The van der Waals surface area contributed by atoms with Crippen LogP contribution in [-0.2, 0) is 0 Å². The van der Waals surface area contributed by atoms with Crippen LogP contribution in [0.1, 0.15) is 25.5 Å². The molecular formula is C12H13N3O3. The van der Waals surface area contributed by atoms with Crippen LogP contribution in [-0.4, -0.2) is 11.0 Å². The summed E-state index contributed by atoms with van der Waals surface area (Å²) in [7, 11) is 0. The molecule has 18 heavy (non-hydrogen) atoms. The summed E-state index contributed by atoms with van der Waals surface area (Å²) in [6.07, 6.45) is 0. The van der Waals surface area contributed by atoms with Gasteiger partial charge in [0.1, 0.15) is 0 Å². The van der Waals surface area contributed by atoms with Crippen LogP contribution in [0.15, 0.2) is 35.5 Å². The van der Waals surface area contributed by atoms with Crippen LogP contribution in [0.5, 0.6) is 0 Å². The molecule has 0 fully saturated rings. The largest absolute Gasteiger partial charge is 0.327 e. The van der Waals surface area contributed by atoms with Crippen molar-refractivity contribution in [3.05, 3.63) is 51.2 Å². The van der Waals surface area contributed by atoms with Gasteiger partial charge in [-0.15, -0.1) is 0 Å². The molecule has 1 unspecified atom stereocenters. The molecule has 1 heterocycles. The van der Waals surface area contributed by atoms with Gasteiger partial charge in [0, 0.05) is 17.8 Å². The minimum atomic E-state index is -0.446. The molecule has 0 saturated carbocycles. The SMILES string of the molecule is CC1=C(C)C(c2cccc([N+](=O)[O-])c2)NC(=O)N1. The average molecular weight is 247 g/mol. The van der Waals surface area contributed by atoms with Crippen LogP contribution in [0.3, 0.4) is 0 Å². The Kier molecular flexibility index (Phi) is 3.01. The first-order valence-electron chi connectivity index (χ1n) is 5.48. The van der Waals surface area contributed by atoms with Gasteiger partial charge < -0.3 is 10.6 Å². The summed E-state index contributed by atoms with van der Waals surface area (Å²) in [6, 6.07) is 5.67. The van der Waals surface area contributed by atoms with E-state index < -0.39 is 4.92 Å². The van der Waals surface area contributed by atoms with E-state index in [0.29, 0.717) is 5.56 Å². The zero-order valence-electron chi connectivity index (χ0n) is 10.1. The normalized spacial score (nSPS) is 19.2. The molecule has 6 heteroatoms. The van der Waals surface area contributed by atoms with Crippen LogP contribution in [0.2, 0.25) is 0 Å². The van der Waals surface area contributed by atoms with E-state index in [9.17, 15) is 14.9 Å². The Bertz CT molecular complexity index is 551. The molecule has 0 bridgehead atoms. The highest BCUT2D eigenvalue weighted by Gasteiger charge is 2.24. The maximum Gasteiger partial charge on any atom is 0.319 e. The highest BCUT2D eigenvalue weighted by molar-refractivity contribution is 5.78. The first-order chi connectivity index (χ1) is 8.49. The van der Waals surface area contributed by atoms with Gasteiger partial charge in [-0.2, -0.15) is 0 Å². The molecule has 2 N–H and O–H groups in total. The van der Waals surface area contributed by atoms with E-state index in [-0.39, 0.29) is 17.8 Å². The van der Waals surface area contributed by atoms with Gasteiger partial charge >= 0.3 is 6.03 Å². The molecule has 0 saturated heterocycles. The lowest BCUT2D eigenvalue weighted by atomic mass is 9.97. The summed E-state index contributed by atoms with van der Waals surface area (Å²) in [5, 5.41) is 16.2. The lowest BCUT2D eigenvalue weighted by Crippen LogP contribution is -2.42. The number of hydrogen-bond acceptors (Lipinski definition) is 3. The Hall–Kier alpha value is -2.37. The molecule has 1 aromatic rings. The third-order valence-corrected chi connectivity index (χ3v) is 3.02. The minimum Gasteiger partial charge on any atom is -0.327 e. The van der Waals surface area contributed by atoms with Crippen LogP contribution in [0.25, 0.3) is 0 Å². The molecular weight excluding hydrogens is 234 g/mol. The van der Waals surface area contributed by atoms with E-state index in [1.165, 1.54) is 12.1 Å². The van der Waals surface area contributed by atoms with Crippen LogP contribution in [0.4, 0.5) is 10.5 Å². The number of hydrogen-bond donors (Lipinski definition) is 2. The number of nitrogens with one attached hydrogen (secondary N) is 2. The molecule has 94 valence electrons. The molecule has 6 nitrogen and oxygen atoms in total. The third-order valence-electron chi connectivity index (χ3n) is 3.02. The smallest absolute Gasteiger partial charge is 0.319 e. The van der Waals surface area contributed by atoms with Crippen molar-refractivity contribution in [1.82, 2.24) is 10.6 Å². The number of benzene rings is 1. The molecule has 0 radical (unpaired) electrons. The van der Waals surface area contributed by atoms with Crippen molar-refractivity contribution in [3.8, 4) is 0 Å². The van der Waals surface area contributed by atoms with Crippen LogP contribution < -0.4 is 10.6 Å². The second-order valence-corrected chi connectivity index (χ2v) is 4.19. The van der Waals surface area contributed by atoms with E-state index in [4.69, 9.17) is 0 Å². The van der Waals surface area contributed by atoms with E-state index in [2.05, 4.69) is 10.6 Å². The summed E-state index contributed by atoms with van der Waals surface area (Å²) in [5.41, 5.74) is 2.44. The molecule has 1 atom stereocenters. The van der Waals surface area contributed by atoms with Gasteiger partial charge in [0.15, 0.2) is 0 Å². The number of carbonyl (C=O) groups excluding carboxylic acids is 1. The van der Waals surface area contributed by atoms with Gasteiger partial charge in [-0.1, -0.05) is 12.1 Å². The number of nitro groups is 1. The van der Waals surface area contributed by atoms with Crippen molar-refractivity contribution in [2.24, 2.45) is 0 Å². The summed E-state index contributed by atoms with van der Waals surface area (Å²) >= 11 is 0. The number of carbonyl (C=O) groups is 1. The van der Waals surface area contributed by atoms with Crippen LogP contribution >= 0.6 is 0 Å². The zero-order chi connectivity index (χ0) is 13.3. The fourth-order valence-corrected chi connectivity index (χ4v) is 1.91. The molecule has 1 aliphatic rings. The number of allylic oxidation sites excluding steroid dienone is 1. The lowest BCUT2D eigenvalue weighted by Gasteiger charge is -2.27. The predicted octanol–water partition coefficient (Wildman–Crippen LogP) is 2.24. The highest BCUT2D eigenvalue weighted by Crippen LogP contribution is 2.27. The number of urea groups is 1. The Morgan fingerprint density at radius 2 is 2.06 bits per heavy atom. The second-order valence-electron chi connectivity index (χ2n) is 4.19. The van der Waals surface area contributed by atoms with E-state index >= 15 is 0 Å². The number of non-ortho nitro benzene ring substituents is 1. The topological polar surface area (TPSA) is 84.3 Å². The number of nitrogens with zero attached hydrogens (tertiary/aromatic N) is 1. The Labute approximate surface area is 104 Å². The second kappa shape index (κ2) is 4.48. The monoisotopic (exact) mass is 247 g/mol. The van der Waals surface area contributed by atoms with Gasteiger partial charge in [-0.25, -0.2) is 4.79 Å². The fraction of sp³-hybridized carbons (Fsp3) is 0.250. The molecule has 2 amide bonds. The average Bonchev–Trinajstić information content (AvgIpc) is 2.34. The molecule has 2 rings (SSSR count). The first kappa shape index (κ1) is 12.1. The summed E-state index contributed by atoms with van der Waals surface area (Å²) < 4.78 is 0. The lowest BCUT2D eigenvalue weighted by molar-refractivity contribution is -0.384. The minimum absolute atomic E-state index is 0.0192. The zero-order valence-corrected chi connectivity index (χ0v) is 10.1. The van der Waals surface area contributed by atoms with Crippen molar-refractivity contribution in [3.63, 3.8) is 0 Å². The summed E-state index contributed by atoms with van der Waals surface area (Å²) in [5.74, 6) is 0. The fourth-order valence-electron chi connectivity index (χ4n) is 1.91. The van der Waals surface area contributed by atoms with E-state index in [1.807, 2.05) is 6.92 Å².